The Labute approximate surface area is 105 Å². The molecule has 0 saturated carbocycles. The third-order valence-corrected chi connectivity index (χ3v) is 2.56. The van der Waals surface area contributed by atoms with E-state index in [0.717, 1.165) is 0 Å². The van der Waals surface area contributed by atoms with Crippen LogP contribution in [0.25, 0.3) is 0 Å². The van der Waals surface area contributed by atoms with Crippen LogP contribution in [0.5, 0.6) is 5.75 Å². The number of esters is 1. The van der Waals surface area contributed by atoms with Crippen LogP contribution in [-0.2, 0) is 21.8 Å². The van der Waals surface area contributed by atoms with E-state index in [1.165, 1.54) is 14.2 Å². The Kier molecular flexibility index (Phi) is 4.80. The van der Waals surface area contributed by atoms with Gasteiger partial charge in [-0.05, 0) is 11.6 Å². The third kappa shape index (κ3) is 3.11. The number of hydrogen-bond acceptors (Lipinski definition) is 4. The molecule has 0 aliphatic carbocycles. The first-order chi connectivity index (χ1) is 8.15. The molecule has 0 bridgehead atoms. The summed E-state index contributed by atoms with van der Waals surface area (Å²) in [6.45, 7) is 0. The summed E-state index contributed by atoms with van der Waals surface area (Å²) in [4.78, 5) is 11.2. The zero-order chi connectivity index (χ0) is 12.8. The number of nitriles is 1. The maximum absolute atomic E-state index is 11.2. The van der Waals surface area contributed by atoms with Crippen molar-refractivity contribution >= 4 is 17.6 Å². The summed E-state index contributed by atoms with van der Waals surface area (Å²) in [5.74, 6) is 0.308. The van der Waals surface area contributed by atoms with E-state index in [4.69, 9.17) is 21.6 Å². The molecule has 0 aliphatic heterocycles. The highest BCUT2D eigenvalue weighted by molar-refractivity contribution is 6.17. The highest BCUT2D eigenvalue weighted by Gasteiger charge is 2.12. The summed E-state index contributed by atoms with van der Waals surface area (Å²) in [7, 11) is 2.80. The largest absolute Gasteiger partial charge is 0.495 e. The number of methoxy groups -OCH3 is 2. The predicted molar refractivity (Wildman–Crippen MR) is 63.0 cm³/mol. The molecule has 17 heavy (non-hydrogen) atoms. The molecule has 1 aromatic rings. The Morgan fingerprint density at radius 1 is 1.47 bits per heavy atom. The Morgan fingerprint density at radius 3 is 2.65 bits per heavy atom. The second-order valence-corrected chi connectivity index (χ2v) is 3.60. The van der Waals surface area contributed by atoms with Crippen LogP contribution in [0.2, 0.25) is 0 Å². The molecule has 0 unspecified atom stereocenters. The first kappa shape index (κ1) is 13.3. The van der Waals surface area contributed by atoms with Crippen LogP contribution in [-0.4, -0.2) is 20.2 Å². The van der Waals surface area contributed by atoms with E-state index < -0.39 is 0 Å². The van der Waals surface area contributed by atoms with Crippen LogP contribution < -0.4 is 4.74 Å². The fraction of sp³-hybridized carbons (Fsp3) is 0.333. The molecule has 0 amide bonds. The minimum absolute atomic E-state index is 0.110. The summed E-state index contributed by atoms with van der Waals surface area (Å²) in [6.07, 6.45) is 0.110. The highest BCUT2D eigenvalue weighted by atomic mass is 35.5. The Balaban J connectivity index is 3.19. The van der Waals surface area contributed by atoms with E-state index >= 15 is 0 Å². The number of carbonyl (C=O) groups excluding carboxylic acids is 1. The lowest BCUT2D eigenvalue weighted by atomic mass is 10.0. The monoisotopic (exact) mass is 253 g/mol. The van der Waals surface area contributed by atoms with Crippen LogP contribution in [0.15, 0.2) is 12.1 Å². The SMILES string of the molecule is COC(=O)Cc1cc(C#N)c(OC)c(CCl)c1. The standard InChI is InChI=1S/C12H12ClNO3/c1-16-11(15)5-8-3-9(6-13)12(17-2)10(4-8)7-14/h3-4H,5-6H2,1-2H3. The van der Waals surface area contributed by atoms with E-state index in [9.17, 15) is 4.79 Å². The number of benzene rings is 1. The molecule has 0 radical (unpaired) electrons. The number of alkyl halides is 1. The van der Waals surface area contributed by atoms with Crippen LogP contribution in [0.4, 0.5) is 0 Å². The van der Waals surface area contributed by atoms with Gasteiger partial charge in [-0.15, -0.1) is 11.6 Å². The second-order valence-electron chi connectivity index (χ2n) is 3.33. The summed E-state index contributed by atoms with van der Waals surface area (Å²) in [5, 5.41) is 9.00. The van der Waals surface area contributed by atoms with Crippen molar-refractivity contribution in [3.05, 3.63) is 28.8 Å². The molecule has 0 saturated heterocycles. The molecule has 0 fully saturated rings. The van der Waals surface area contributed by atoms with Gasteiger partial charge in [0.25, 0.3) is 0 Å². The summed E-state index contributed by atoms with van der Waals surface area (Å²) < 4.78 is 9.69. The maximum atomic E-state index is 11.2. The zero-order valence-corrected chi connectivity index (χ0v) is 10.4. The molecule has 90 valence electrons. The second kappa shape index (κ2) is 6.12. The maximum Gasteiger partial charge on any atom is 0.309 e. The van der Waals surface area contributed by atoms with Gasteiger partial charge >= 0.3 is 5.97 Å². The van der Waals surface area contributed by atoms with Crippen molar-refractivity contribution in [1.82, 2.24) is 0 Å². The minimum Gasteiger partial charge on any atom is -0.495 e. The van der Waals surface area contributed by atoms with Crippen molar-refractivity contribution < 1.29 is 14.3 Å². The van der Waals surface area contributed by atoms with Gasteiger partial charge in [0.15, 0.2) is 0 Å². The van der Waals surface area contributed by atoms with Crippen LogP contribution in [0, 0.1) is 11.3 Å². The van der Waals surface area contributed by atoms with Crippen molar-refractivity contribution in [3.63, 3.8) is 0 Å². The lowest BCUT2D eigenvalue weighted by Gasteiger charge is -2.10. The summed E-state index contributed by atoms with van der Waals surface area (Å²) in [5.41, 5.74) is 1.74. The molecule has 0 heterocycles. The molecule has 1 aromatic carbocycles. The number of rotatable bonds is 4. The quantitative estimate of drug-likeness (QED) is 0.608. The molecule has 0 aromatic heterocycles. The first-order valence-corrected chi connectivity index (χ1v) is 5.42. The summed E-state index contributed by atoms with van der Waals surface area (Å²) >= 11 is 5.78. The molecular weight excluding hydrogens is 242 g/mol. The van der Waals surface area contributed by atoms with Gasteiger partial charge in [0.2, 0.25) is 0 Å². The van der Waals surface area contributed by atoms with Gasteiger partial charge in [0.1, 0.15) is 11.8 Å². The van der Waals surface area contributed by atoms with Crippen molar-refractivity contribution in [2.45, 2.75) is 12.3 Å². The van der Waals surface area contributed by atoms with E-state index in [-0.39, 0.29) is 18.3 Å². The van der Waals surface area contributed by atoms with Crippen molar-refractivity contribution in [1.29, 1.82) is 5.26 Å². The predicted octanol–water partition coefficient (Wildman–Crippen LogP) is 2.02. The normalized spacial score (nSPS) is 9.53. The van der Waals surface area contributed by atoms with Crippen LogP contribution in [0.3, 0.4) is 0 Å². The summed E-state index contributed by atoms with van der Waals surface area (Å²) in [6, 6.07) is 5.36. The zero-order valence-electron chi connectivity index (χ0n) is 9.62. The fourth-order valence-electron chi connectivity index (χ4n) is 1.52. The molecule has 0 aliphatic rings. The van der Waals surface area contributed by atoms with Gasteiger partial charge in [-0.1, -0.05) is 6.07 Å². The van der Waals surface area contributed by atoms with Gasteiger partial charge in [0, 0.05) is 5.56 Å². The number of ether oxygens (including phenoxy) is 2. The van der Waals surface area contributed by atoms with Crippen LogP contribution in [0.1, 0.15) is 16.7 Å². The Morgan fingerprint density at radius 2 is 2.18 bits per heavy atom. The van der Waals surface area contributed by atoms with E-state index in [0.29, 0.717) is 22.4 Å². The first-order valence-electron chi connectivity index (χ1n) is 4.89. The van der Waals surface area contributed by atoms with Crippen molar-refractivity contribution in [3.8, 4) is 11.8 Å². The van der Waals surface area contributed by atoms with Gasteiger partial charge in [0.05, 0.1) is 32.1 Å². The van der Waals surface area contributed by atoms with Crippen LogP contribution >= 0.6 is 11.6 Å². The molecule has 0 spiro atoms. The minimum atomic E-state index is -0.362. The molecule has 1 rings (SSSR count). The van der Waals surface area contributed by atoms with Crippen molar-refractivity contribution in [2.24, 2.45) is 0 Å². The van der Waals surface area contributed by atoms with Gasteiger partial charge in [-0.3, -0.25) is 4.79 Å². The lowest BCUT2D eigenvalue weighted by molar-refractivity contribution is -0.139. The fourth-order valence-corrected chi connectivity index (χ4v) is 1.72. The highest BCUT2D eigenvalue weighted by Crippen LogP contribution is 2.27. The Hall–Kier alpha value is -1.73. The molecule has 4 nitrogen and oxygen atoms in total. The topological polar surface area (TPSA) is 59.3 Å². The molecule has 0 atom stereocenters. The smallest absolute Gasteiger partial charge is 0.309 e. The van der Waals surface area contributed by atoms with E-state index in [1.807, 2.05) is 6.07 Å². The third-order valence-electron chi connectivity index (χ3n) is 2.27. The number of nitrogens with zero attached hydrogens (tertiary/aromatic N) is 1. The van der Waals surface area contributed by atoms with E-state index in [2.05, 4.69) is 4.74 Å². The molecule has 0 N–H and O–H groups in total. The Bertz CT molecular complexity index is 466. The number of carbonyl (C=O) groups is 1. The molecule has 5 heteroatoms. The lowest BCUT2D eigenvalue weighted by Crippen LogP contribution is -2.06. The average molecular weight is 254 g/mol. The van der Waals surface area contributed by atoms with Gasteiger partial charge < -0.3 is 9.47 Å². The average Bonchev–Trinajstić information content (AvgIpc) is 2.37. The number of hydrogen-bond donors (Lipinski definition) is 0. The number of halogens is 1. The molecular formula is C12H12ClNO3. The van der Waals surface area contributed by atoms with Gasteiger partial charge in [-0.2, -0.15) is 5.26 Å². The van der Waals surface area contributed by atoms with Gasteiger partial charge in [-0.25, -0.2) is 0 Å². The van der Waals surface area contributed by atoms with E-state index in [1.54, 1.807) is 12.1 Å². The van der Waals surface area contributed by atoms with Crippen molar-refractivity contribution in [2.75, 3.05) is 14.2 Å².